The third kappa shape index (κ3) is 4.10. The van der Waals surface area contributed by atoms with Gasteiger partial charge in [0.15, 0.2) is 5.13 Å². The molecule has 0 aliphatic carbocycles. The highest BCUT2D eigenvalue weighted by molar-refractivity contribution is 7.19. The van der Waals surface area contributed by atoms with Crippen LogP contribution in [0.5, 0.6) is 0 Å². The molecule has 3 aromatic rings. The molecule has 2 aromatic heterocycles. The average Bonchev–Trinajstić information content (AvgIpc) is 3.15. The highest BCUT2D eigenvalue weighted by atomic mass is 32.1. The third-order valence-corrected chi connectivity index (χ3v) is 7.11. The van der Waals surface area contributed by atoms with Crippen LogP contribution < -0.4 is 5.32 Å². The molecule has 2 fully saturated rings. The molecule has 2 aliphatic heterocycles. The van der Waals surface area contributed by atoms with Gasteiger partial charge in [0.05, 0.1) is 40.8 Å². The summed E-state index contributed by atoms with van der Waals surface area (Å²) in [6.45, 7) is 9.13. The smallest absolute Gasteiger partial charge is 0.323 e. The highest BCUT2D eigenvalue weighted by Gasteiger charge is 2.50. The lowest BCUT2D eigenvalue weighted by Gasteiger charge is -2.54. The molecule has 168 valence electrons. The summed E-state index contributed by atoms with van der Waals surface area (Å²) < 4.78 is 5.30. The number of hydrogen-bond acceptors (Lipinski definition) is 6. The normalized spacial score (nSPS) is 16.3. The quantitative estimate of drug-likeness (QED) is 0.590. The van der Waals surface area contributed by atoms with E-state index in [9.17, 15) is 10.1 Å². The van der Waals surface area contributed by atoms with E-state index >= 15 is 0 Å². The van der Waals surface area contributed by atoms with E-state index in [4.69, 9.17) is 9.72 Å². The summed E-state index contributed by atoms with van der Waals surface area (Å²) in [4.78, 5) is 25.0. The van der Waals surface area contributed by atoms with Gasteiger partial charge in [0, 0.05) is 30.0 Å². The predicted molar refractivity (Wildman–Crippen MR) is 128 cm³/mol. The van der Waals surface area contributed by atoms with Crippen LogP contribution in [0, 0.1) is 23.7 Å². The number of nitrogens with one attached hydrogen (secondary N) is 1. The second-order valence-corrected chi connectivity index (χ2v) is 10.2. The van der Waals surface area contributed by atoms with Crippen LogP contribution in [0.1, 0.15) is 36.7 Å². The lowest BCUT2D eigenvalue weighted by atomic mass is 9.78. The van der Waals surface area contributed by atoms with Crippen molar-refractivity contribution in [3.63, 3.8) is 0 Å². The number of ether oxygens (including phenoxy) is 1. The molecule has 1 spiro atoms. The molecule has 7 nitrogen and oxygen atoms in total. The number of aromatic nitrogens is 2. The number of pyridine rings is 1. The van der Waals surface area contributed by atoms with E-state index in [1.165, 1.54) is 11.3 Å². The molecule has 1 aromatic carbocycles. The summed E-state index contributed by atoms with van der Waals surface area (Å²) in [6, 6.07) is 13.6. The second-order valence-electron chi connectivity index (χ2n) is 9.25. The number of nitrogens with zero attached hydrogens (tertiary/aromatic N) is 4. The molecular weight excluding hydrogens is 434 g/mol. The maximum absolute atomic E-state index is 12.8. The Bertz CT molecular complexity index is 1260. The minimum atomic E-state index is -0.140. The van der Waals surface area contributed by atoms with E-state index in [1.807, 2.05) is 31.2 Å². The molecule has 0 radical (unpaired) electrons. The van der Waals surface area contributed by atoms with Crippen molar-refractivity contribution in [2.24, 2.45) is 5.41 Å². The van der Waals surface area contributed by atoms with Crippen LogP contribution in [0.4, 0.5) is 9.93 Å². The van der Waals surface area contributed by atoms with Crippen molar-refractivity contribution in [1.29, 1.82) is 5.26 Å². The van der Waals surface area contributed by atoms with E-state index in [0.717, 1.165) is 59.4 Å². The first kappa shape index (κ1) is 21.6. The highest BCUT2D eigenvalue weighted by Crippen LogP contribution is 2.41. The number of urea groups is 1. The molecule has 0 unspecified atom stereocenters. The zero-order valence-electron chi connectivity index (χ0n) is 18.9. The van der Waals surface area contributed by atoms with Crippen LogP contribution in [-0.2, 0) is 4.74 Å². The summed E-state index contributed by atoms with van der Waals surface area (Å²) in [6.07, 6.45) is 0. The van der Waals surface area contributed by atoms with Gasteiger partial charge in [0.25, 0.3) is 0 Å². The summed E-state index contributed by atoms with van der Waals surface area (Å²) >= 11 is 1.44. The van der Waals surface area contributed by atoms with Crippen molar-refractivity contribution in [3.8, 4) is 27.8 Å². The molecule has 5 rings (SSSR count). The maximum atomic E-state index is 12.8. The molecule has 2 aliphatic rings. The SMILES string of the molecule is Cc1cc(-c2sc(NC(=O)N3CC4(COC4)C3)nc2-c2cccc(C#N)c2)cc(C(C)C)n1. The first-order valence-electron chi connectivity index (χ1n) is 11.0. The Kier molecular flexibility index (Phi) is 5.39. The van der Waals surface area contributed by atoms with Gasteiger partial charge in [0.1, 0.15) is 0 Å². The van der Waals surface area contributed by atoms with Gasteiger partial charge in [-0.15, -0.1) is 0 Å². The Morgan fingerprint density at radius 3 is 2.67 bits per heavy atom. The van der Waals surface area contributed by atoms with Gasteiger partial charge in [-0.1, -0.05) is 37.3 Å². The fourth-order valence-electron chi connectivity index (χ4n) is 4.27. The zero-order valence-corrected chi connectivity index (χ0v) is 19.7. The van der Waals surface area contributed by atoms with Crippen LogP contribution >= 0.6 is 11.3 Å². The van der Waals surface area contributed by atoms with E-state index in [1.54, 1.807) is 11.0 Å². The van der Waals surface area contributed by atoms with Gasteiger partial charge < -0.3 is 9.64 Å². The molecule has 0 bridgehead atoms. The fourth-order valence-corrected chi connectivity index (χ4v) is 5.24. The summed E-state index contributed by atoms with van der Waals surface area (Å²) in [5.74, 6) is 0.287. The number of thiazole rings is 1. The molecule has 1 N–H and O–H groups in total. The standard InChI is InChI=1S/C25H25N5O2S/c1-15(2)20-9-19(7-16(3)27-20)22-21(18-6-4-5-17(8-18)10-26)28-23(33-22)29-24(31)30-11-25(12-30)13-32-14-25/h4-9,15H,11-14H2,1-3H3,(H,28,29,31). The molecule has 2 amide bonds. The van der Waals surface area contributed by atoms with Gasteiger partial charge in [-0.05, 0) is 42.7 Å². The van der Waals surface area contributed by atoms with Crippen LogP contribution in [0.15, 0.2) is 36.4 Å². The summed E-state index contributed by atoms with van der Waals surface area (Å²) in [5, 5.41) is 12.9. The maximum Gasteiger partial charge on any atom is 0.323 e. The first-order chi connectivity index (χ1) is 15.9. The monoisotopic (exact) mass is 459 g/mol. The van der Waals surface area contributed by atoms with Crippen molar-refractivity contribution < 1.29 is 9.53 Å². The molecular formula is C25H25N5O2S. The van der Waals surface area contributed by atoms with E-state index in [-0.39, 0.29) is 17.4 Å². The second kappa shape index (κ2) is 8.25. The number of anilines is 1. The minimum Gasteiger partial charge on any atom is -0.380 e. The van der Waals surface area contributed by atoms with E-state index < -0.39 is 0 Å². The van der Waals surface area contributed by atoms with Gasteiger partial charge in [-0.25, -0.2) is 9.78 Å². The van der Waals surface area contributed by atoms with E-state index in [0.29, 0.717) is 10.7 Å². The van der Waals surface area contributed by atoms with Gasteiger partial charge in [0.2, 0.25) is 0 Å². The van der Waals surface area contributed by atoms with Crippen molar-refractivity contribution >= 4 is 22.5 Å². The molecule has 0 saturated carbocycles. The Hall–Kier alpha value is -3.28. The number of likely N-dealkylation sites (tertiary alicyclic amines) is 1. The van der Waals surface area contributed by atoms with Gasteiger partial charge >= 0.3 is 6.03 Å². The number of benzene rings is 1. The number of amides is 2. The summed E-state index contributed by atoms with van der Waals surface area (Å²) in [7, 11) is 0. The number of nitriles is 1. The summed E-state index contributed by atoms with van der Waals surface area (Å²) in [5.41, 5.74) is 5.28. The fraction of sp³-hybridized carbons (Fsp3) is 0.360. The predicted octanol–water partition coefficient (Wildman–Crippen LogP) is 5.04. The lowest BCUT2D eigenvalue weighted by molar-refractivity contribution is -0.174. The van der Waals surface area contributed by atoms with Crippen LogP contribution in [0.2, 0.25) is 0 Å². The number of carbonyl (C=O) groups excluding carboxylic acids is 1. The molecule has 4 heterocycles. The van der Waals surface area contributed by atoms with Gasteiger partial charge in [-0.2, -0.15) is 5.26 Å². The lowest BCUT2D eigenvalue weighted by Crippen LogP contribution is -2.67. The Morgan fingerprint density at radius 2 is 2.00 bits per heavy atom. The number of aryl methyl sites for hydroxylation is 1. The topological polar surface area (TPSA) is 91.1 Å². The molecule has 33 heavy (non-hydrogen) atoms. The van der Waals surface area contributed by atoms with Crippen molar-refractivity contribution in [2.45, 2.75) is 26.7 Å². The van der Waals surface area contributed by atoms with Crippen molar-refractivity contribution in [2.75, 3.05) is 31.6 Å². The average molecular weight is 460 g/mol. The Labute approximate surface area is 197 Å². The number of hydrogen-bond donors (Lipinski definition) is 1. The van der Waals surface area contributed by atoms with Crippen LogP contribution in [0.25, 0.3) is 21.7 Å². The van der Waals surface area contributed by atoms with Crippen molar-refractivity contribution in [1.82, 2.24) is 14.9 Å². The Balaban J connectivity index is 1.51. The Morgan fingerprint density at radius 1 is 1.21 bits per heavy atom. The molecule has 2 saturated heterocycles. The van der Waals surface area contributed by atoms with Crippen LogP contribution in [0.3, 0.4) is 0 Å². The van der Waals surface area contributed by atoms with Crippen LogP contribution in [-0.4, -0.2) is 47.2 Å². The largest absolute Gasteiger partial charge is 0.380 e. The third-order valence-electron chi connectivity index (χ3n) is 6.09. The molecule has 8 heteroatoms. The van der Waals surface area contributed by atoms with E-state index in [2.05, 4.69) is 36.3 Å². The first-order valence-corrected chi connectivity index (χ1v) is 11.8. The van der Waals surface area contributed by atoms with Gasteiger partial charge in [-0.3, -0.25) is 10.3 Å². The molecule has 0 atom stereocenters. The number of carbonyl (C=O) groups is 1. The zero-order chi connectivity index (χ0) is 23.2. The van der Waals surface area contributed by atoms with Crippen molar-refractivity contribution in [3.05, 3.63) is 53.3 Å². The number of rotatable bonds is 4. The minimum absolute atomic E-state index is 0.140.